The summed E-state index contributed by atoms with van der Waals surface area (Å²) >= 11 is 1.40. The fourth-order valence-corrected chi connectivity index (χ4v) is 4.22. The fraction of sp³-hybridized carbons (Fsp3) is 0.160. The molecule has 8 heteroatoms. The highest BCUT2D eigenvalue weighted by Gasteiger charge is 2.19. The third kappa shape index (κ3) is 5.01. The van der Waals surface area contributed by atoms with E-state index in [2.05, 4.69) is 15.6 Å². The van der Waals surface area contributed by atoms with Gasteiger partial charge >= 0.3 is 0 Å². The molecule has 0 fully saturated rings. The van der Waals surface area contributed by atoms with Crippen LogP contribution in [0.15, 0.2) is 78.0 Å². The summed E-state index contributed by atoms with van der Waals surface area (Å²) in [6.07, 6.45) is 0. The molecule has 1 heterocycles. The summed E-state index contributed by atoms with van der Waals surface area (Å²) in [4.78, 5) is 29.9. The fourth-order valence-electron chi connectivity index (χ4n) is 3.33. The minimum Gasteiger partial charge on any atom is -0.495 e. The second-order valence-electron chi connectivity index (χ2n) is 7.42. The topological polar surface area (TPSA) is 85.2 Å². The van der Waals surface area contributed by atoms with E-state index in [-0.39, 0.29) is 17.1 Å². The summed E-state index contributed by atoms with van der Waals surface area (Å²) in [5.74, 6) is 0.184. The zero-order valence-corrected chi connectivity index (χ0v) is 19.3. The number of amides is 2. The van der Waals surface area contributed by atoms with E-state index in [1.807, 2.05) is 54.9 Å². The number of hydrogen-bond donors (Lipinski definition) is 2. The van der Waals surface area contributed by atoms with Gasteiger partial charge in [-0.2, -0.15) is 0 Å². The van der Waals surface area contributed by atoms with Crippen LogP contribution in [0.4, 0.5) is 11.4 Å². The Balaban J connectivity index is 1.38. The van der Waals surface area contributed by atoms with Crippen LogP contribution >= 0.6 is 11.8 Å². The molecule has 2 amide bonds. The van der Waals surface area contributed by atoms with E-state index in [0.717, 1.165) is 16.2 Å². The molecule has 168 valence electrons. The molecule has 3 aromatic carbocycles. The molecule has 0 aliphatic rings. The molecule has 0 aliphatic carbocycles. The van der Waals surface area contributed by atoms with Gasteiger partial charge in [0.2, 0.25) is 5.91 Å². The van der Waals surface area contributed by atoms with Crippen LogP contribution in [-0.4, -0.2) is 33.7 Å². The normalized spacial score (nSPS) is 11.7. The molecule has 4 rings (SSSR count). The molecule has 7 nitrogen and oxygen atoms in total. The second-order valence-corrected chi connectivity index (χ2v) is 8.73. The monoisotopic (exact) mass is 460 g/mol. The number of aromatic nitrogens is 2. The Kier molecular flexibility index (Phi) is 6.65. The SMILES string of the molecule is COc1ccccc1NC(=O)c1ccc(NC(=O)C(C)Sc2nc3ccccc3n2C)cc1. The number of thioether (sulfide) groups is 1. The number of methoxy groups -OCH3 is 1. The molecule has 0 spiro atoms. The smallest absolute Gasteiger partial charge is 0.255 e. The minimum atomic E-state index is -0.353. The average molecular weight is 461 g/mol. The third-order valence-electron chi connectivity index (χ3n) is 5.17. The number of fused-ring (bicyclic) bond motifs is 1. The average Bonchev–Trinajstić information content (AvgIpc) is 3.15. The summed E-state index contributed by atoms with van der Waals surface area (Å²) in [5, 5.41) is 6.16. The van der Waals surface area contributed by atoms with Crippen molar-refractivity contribution in [2.24, 2.45) is 7.05 Å². The van der Waals surface area contributed by atoms with Gasteiger partial charge in [-0.05, 0) is 55.5 Å². The van der Waals surface area contributed by atoms with Gasteiger partial charge in [-0.15, -0.1) is 0 Å². The lowest BCUT2D eigenvalue weighted by Gasteiger charge is -2.13. The van der Waals surface area contributed by atoms with Crippen molar-refractivity contribution in [2.75, 3.05) is 17.7 Å². The molecule has 0 saturated carbocycles. The van der Waals surface area contributed by atoms with Gasteiger partial charge < -0.3 is 19.9 Å². The maximum atomic E-state index is 12.7. The molecule has 4 aromatic rings. The first-order chi connectivity index (χ1) is 16.0. The van der Waals surface area contributed by atoms with E-state index < -0.39 is 0 Å². The van der Waals surface area contributed by atoms with Gasteiger partial charge in [0.15, 0.2) is 5.16 Å². The highest BCUT2D eigenvalue weighted by molar-refractivity contribution is 8.00. The van der Waals surface area contributed by atoms with Crippen LogP contribution in [0.1, 0.15) is 17.3 Å². The Morgan fingerprint density at radius 3 is 2.39 bits per heavy atom. The molecular formula is C25H24N4O3S. The lowest BCUT2D eigenvalue weighted by Crippen LogP contribution is -2.23. The van der Waals surface area contributed by atoms with E-state index in [4.69, 9.17) is 4.74 Å². The molecule has 1 aromatic heterocycles. The molecular weight excluding hydrogens is 436 g/mol. The summed E-state index contributed by atoms with van der Waals surface area (Å²) in [6, 6.07) is 21.8. The van der Waals surface area contributed by atoms with Gasteiger partial charge in [-0.1, -0.05) is 36.0 Å². The van der Waals surface area contributed by atoms with Crippen molar-refractivity contribution in [3.05, 3.63) is 78.4 Å². The predicted molar refractivity (Wildman–Crippen MR) is 132 cm³/mol. The van der Waals surface area contributed by atoms with E-state index in [9.17, 15) is 9.59 Å². The molecule has 0 aliphatic heterocycles. The van der Waals surface area contributed by atoms with Crippen molar-refractivity contribution in [3.63, 3.8) is 0 Å². The van der Waals surface area contributed by atoms with Crippen LogP contribution in [0.3, 0.4) is 0 Å². The Hall–Kier alpha value is -3.78. The first-order valence-corrected chi connectivity index (χ1v) is 11.3. The number of rotatable bonds is 7. The van der Waals surface area contributed by atoms with Crippen LogP contribution in [0.25, 0.3) is 11.0 Å². The summed E-state index contributed by atoms with van der Waals surface area (Å²) in [7, 11) is 3.50. The van der Waals surface area contributed by atoms with Crippen LogP contribution in [0.2, 0.25) is 0 Å². The number of hydrogen-bond acceptors (Lipinski definition) is 5. The number of nitrogens with one attached hydrogen (secondary N) is 2. The van der Waals surface area contributed by atoms with E-state index in [0.29, 0.717) is 22.7 Å². The Morgan fingerprint density at radius 2 is 1.67 bits per heavy atom. The van der Waals surface area contributed by atoms with Crippen LogP contribution in [-0.2, 0) is 11.8 Å². The van der Waals surface area contributed by atoms with E-state index in [1.165, 1.54) is 11.8 Å². The van der Waals surface area contributed by atoms with Crippen molar-refractivity contribution in [1.29, 1.82) is 0 Å². The molecule has 0 radical (unpaired) electrons. The molecule has 1 unspecified atom stereocenters. The maximum absolute atomic E-state index is 12.7. The van der Waals surface area contributed by atoms with Crippen molar-refractivity contribution in [1.82, 2.24) is 9.55 Å². The first-order valence-electron chi connectivity index (χ1n) is 10.4. The summed E-state index contributed by atoms with van der Waals surface area (Å²) in [5.41, 5.74) is 3.61. The number of aryl methyl sites for hydroxylation is 1. The van der Waals surface area contributed by atoms with Gasteiger partial charge in [0, 0.05) is 18.3 Å². The molecule has 0 saturated heterocycles. The number of carbonyl (C=O) groups is 2. The number of imidazole rings is 1. The molecule has 33 heavy (non-hydrogen) atoms. The number of ether oxygens (including phenoxy) is 1. The highest BCUT2D eigenvalue weighted by atomic mass is 32.2. The molecule has 2 N–H and O–H groups in total. The quantitative estimate of drug-likeness (QED) is 0.381. The summed E-state index contributed by atoms with van der Waals surface area (Å²) < 4.78 is 7.25. The van der Waals surface area contributed by atoms with Gasteiger partial charge in [0.05, 0.1) is 29.1 Å². The molecule has 1 atom stereocenters. The highest BCUT2D eigenvalue weighted by Crippen LogP contribution is 2.27. The number of nitrogens with zero attached hydrogens (tertiary/aromatic N) is 2. The largest absolute Gasteiger partial charge is 0.495 e. The van der Waals surface area contributed by atoms with Crippen LogP contribution in [0.5, 0.6) is 5.75 Å². The van der Waals surface area contributed by atoms with Gasteiger partial charge in [0.1, 0.15) is 5.75 Å². The second kappa shape index (κ2) is 9.79. The van der Waals surface area contributed by atoms with Crippen LogP contribution < -0.4 is 15.4 Å². The van der Waals surface area contributed by atoms with Crippen molar-refractivity contribution < 1.29 is 14.3 Å². The maximum Gasteiger partial charge on any atom is 0.255 e. The summed E-state index contributed by atoms with van der Waals surface area (Å²) in [6.45, 7) is 1.84. The standard InChI is InChI=1S/C25H24N4O3S/c1-16(33-25-28-19-8-4-6-10-21(19)29(25)2)23(30)26-18-14-12-17(13-15-18)24(31)27-20-9-5-7-11-22(20)32-3/h4-16H,1-3H3,(H,26,30)(H,27,31). The van der Waals surface area contributed by atoms with Crippen molar-refractivity contribution >= 4 is 46.0 Å². The number of para-hydroxylation sites is 4. The van der Waals surface area contributed by atoms with Crippen molar-refractivity contribution in [2.45, 2.75) is 17.3 Å². The number of carbonyl (C=O) groups excluding carboxylic acids is 2. The number of benzene rings is 3. The third-order valence-corrected chi connectivity index (χ3v) is 6.31. The zero-order chi connectivity index (χ0) is 23.4. The van der Waals surface area contributed by atoms with Crippen molar-refractivity contribution in [3.8, 4) is 5.75 Å². The van der Waals surface area contributed by atoms with Crippen LogP contribution in [0, 0.1) is 0 Å². The minimum absolute atomic E-state index is 0.140. The van der Waals surface area contributed by atoms with Gasteiger partial charge in [0.25, 0.3) is 5.91 Å². The predicted octanol–water partition coefficient (Wildman–Crippen LogP) is 4.95. The lowest BCUT2D eigenvalue weighted by molar-refractivity contribution is -0.115. The lowest BCUT2D eigenvalue weighted by atomic mass is 10.2. The Morgan fingerprint density at radius 1 is 0.970 bits per heavy atom. The Bertz CT molecular complexity index is 1300. The van der Waals surface area contributed by atoms with E-state index in [1.54, 1.807) is 43.5 Å². The number of anilines is 2. The zero-order valence-electron chi connectivity index (χ0n) is 18.5. The molecule has 0 bridgehead atoms. The van der Waals surface area contributed by atoms with Gasteiger partial charge in [-0.25, -0.2) is 4.98 Å². The van der Waals surface area contributed by atoms with Gasteiger partial charge in [-0.3, -0.25) is 9.59 Å². The first kappa shape index (κ1) is 22.4. The Labute approximate surface area is 196 Å². The van der Waals surface area contributed by atoms with E-state index >= 15 is 0 Å².